The predicted octanol–water partition coefficient (Wildman–Crippen LogP) is 4.71. The molecule has 146 valence electrons. The molecule has 26 heavy (non-hydrogen) atoms. The molecule has 0 bridgehead atoms. The van der Waals surface area contributed by atoms with Crippen molar-refractivity contribution >= 4 is 34.5 Å². The first-order valence-electron chi connectivity index (χ1n) is 9.95. The zero-order chi connectivity index (χ0) is 19.3. The number of carbonyl (C=O) groups is 2. The van der Waals surface area contributed by atoms with Gasteiger partial charge in [0, 0.05) is 3.42 Å². The average Bonchev–Trinajstić information content (AvgIpc) is 2.54. The molecule has 2 N–H and O–H groups in total. The van der Waals surface area contributed by atoms with E-state index >= 15 is 0 Å². The number of nitrogens with one attached hydrogen (secondary N) is 1. The molecule has 0 spiro atoms. The van der Waals surface area contributed by atoms with Crippen molar-refractivity contribution in [1.29, 1.82) is 0 Å². The number of carboxylic acid groups (broad SMARTS) is 1. The minimum Gasteiger partial charge on any atom is -0.480 e. The lowest BCUT2D eigenvalue weighted by Crippen LogP contribution is -2.58. The maximum Gasteiger partial charge on any atom is 0.325 e. The van der Waals surface area contributed by atoms with Crippen LogP contribution in [0, 0.1) is 22.7 Å². The van der Waals surface area contributed by atoms with E-state index in [1.807, 2.05) is 0 Å². The Morgan fingerprint density at radius 1 is 1.23 bits per heavy atom. The Balaban J connectivity index is 1.92. The minimum atomic E-state index is -0.972. The second kappa shape index (κ2) is 6.78. The van der Waals surface area contributed by atoms with Crippen LogP contribution in [0.1, 0.15) is 72.6 Å². The molecular formula is C21H32INO3. The van der Waals surface area contributed by atoms with Gasteiger partial charge in [0.15, 0.2) is 0 Å². The highest BCUT2D eigenvalue weighted by molar-refractivity contribution is 14.1. The van der Waals surface area contributed by atoms with Crippen molar-refractivity contribution in [2.75, 3.05) is 0 Å². The molecule has 0 aliphatic heterocycles. The molecule has 2 fully saturated rings. The first kappa shape index (κ1) is 20.2. The van der Waals surface area contributed by atoms with Gasteiger partial charge in [-0.15, -0.1) is 0 Å². The molecule has 5 heteroatoms. The first-order valence-corrected chi connectivity index (χ1v) is 11.0. The Labute approximate surface area is 170 Å². The van der Waals surface area contributed by atoms with Gasteiger partial charge in [-0.25, -0.2) is 0 Å². The second-order valence-corrected chi connectivity index (χ2v) is 11.8. The Hall–Kier alpha value is -0.590. The summed E-state index contributed by atoms with van der Waals surface area (Å²) < 4.78 is 0.309. The van der Waals surface area contributed by atoms with Crippen LogP contribution in [-0.4, -0.2) is 26.4 Å². The normalized spacial score (nSPS) is 43.5. The Kier molecular flexibility index (Phi) is 5.26. The molecule has 0 aromatic rings. The fraction of sp³-hybridized carbons (Fsp3) is 0.810. The lowest BCUT2D eigenvalue weighted by molar-refractivity contribution is -0.148. The third kappa shape index (κ3) is 3.12. The van der Waals surface area contributed by atoms with Crippen LogP contribution >= 0.6 is 22.6 Å². The van der Waals surface area contributed by atoms with Crippen molar-refractivity contribution < 1.29 is 14.7 Å². The number of alkyl halides is 1. The summed E-state index contributed by atoms with van der Waals surface area (Å²) in [6.07, 6.45) is 10.1. The lowest BCUT2D eigenvalue weighted by Gasteiger charge is -2.59. The number of carbonyl (C=O) groups excluding carboxylic acids is 1. The maximum atomic E-state index is 13.1. The average molecular weight is 473 g/mol. The molecular weight excluding hydrogens is 441 g/mol. The van der Waals surface area contributed by atoms with Crippen LogP contribution in [0.4, 0.5) is 0 Å². The Morgan fingerprint density at radius 2 is 1.92 bits per heavy atom. The maximum absolute atomic E-state index is 13.1. The van der Waals surface area contributed by atoms with Crippen LogP contribution in [0.25, 0.3) is 0 Å². The van der Waals surface area contributed by atoms with Gasteiger partial charge in [-0.05, 0) is 69.6 Å². The van der Waals surface area contributed by atoms with E-state index in [2.05, 4.69) is 54.8 Å². The van der Waals surface area contributed by atoms with Gasteiger partial charge < -0.3 is 10.4 Å². The summed E-state index contributed by atoms with van der Waals surface area (Å²) >= 11 is 2.66. The molecule has 4 nitrogen and oxygen atoms in total. The zero-order valence-corrected chi connectivity index (χ0v) is 18.6. The summed E-state index contributed by atoms with van der Waals surface area (Å²) in [5.74, 6) is -0.144. The molecule has 6 atom stereocenters. The Bertz CT molecular complexity index is 643. The Morgan fingerprint density at radius 3 is 2.58 bits per heavy atom. The van der Waals surface area contributed by atoms with Crippen LogP contribution in [0.5, 0.6) is 0 Å². The van der Waals surface area contributed by atoms with E-state index in [1.165, 1.54) is 6.42 Å². The van der Waals surface area contributed by atoms with Crippen LogP contribution in [0.2, 0.25) is 0 Å². The van der Waals surface area contributed by atoms with Gasteiger partial charge in [0.2, 0.25) is 5.91 Å². The predicted molar refractivity (Wildman–Crippen MR) is 111 cm³/mol. The molecule has 2 saturated carbocycles. The van der Waals surface area contributed by atoms with E-state index in [4.69, 9.17) is 0 Å². The van der Waals surface area contributed by atoms with Gasteiger partial charge in [0.05, 0.1) is 5.41 Å². The van der Waals surface area contributed by atoms with Gasteiger partial charge in [-0.1, -0.05) is 54.5 Å². The standard InChI is InChI=1S/C21H32INO3/c1-13(17(24)25)23-18(26)20(3)11-6-10-19(2)14-7-5-12-21(4,22)15(14)8-9-16(19)20/h7,13,15-16H,5-6,8-12H2,1-4H3,(H,23,26)(H,24,25)/t13-,15?,16?,19-,20+,21-/m0/s1. The van der Waals surface area contributed by atoms with E-state index in [9.17, 15) is 14.7 Å². The zero-order valence-electron chi connectivity index (χ0n) is 16.4. The van der Waals surface area contributed by atoms with E-state index < -0.39 is 17.4 Å². The summed E-state index contributed by atoms with van der Waals surface area (Å²) in [5, 5.41) is 12.0. The van der Waals surface area contributed by atoms with Crippen LogP contribution in [-0.2, 0) is 9.59 Å². The number of carboxylic acids is 1. The van der Waals surface area contributed by atoms with Crippen molar-refractivity contribution in [2.45, 2.75) is 82.1 Å². The number of amides is 1. The number of hydrogen-bond donors (Lipinski definition) is 2. The molecule has 0 aromatic heterocycles. The number of aliphatic carboxylic acids is 1. The summed E-state index contributed by atoms with van der Waals surface area (Å²) in [6.45, 7) is 8.39. The van der Waals surface area contributed by atoms with E-state index in [0.717, 1.165) is 38.5 Å². The minimum absolute atomic E-state index is 0.0621. The number of fused-ring (bicyclic) bond motifs is 3. The quantitative estimate of drug-likeness (QED) is 0.355. The lowest BCUT2D eigenvalue weighted by atomic mass is 9.46. The molecule has 0 aromatic carbocycles. The fourth-order valence-electron chi connectivity index (χ4n) is 6.12. The van der Waals surface area contributed by atoms with E-state index in [1.54, 1.807) is 12.5 Å². The third-order valence-electron chi connectivity index (χ3n) is 7.67. The van der Waals surface area contributed by atoms with Crippen molar-refractivity contribution in [1.82, 2.24) is 5.32 Å². The van der Waals surface area contributed by atoms with Crippen LogP contribution < -0.4 is 5.32 Å². The molecule has 3 aliphatic rings. The first-order chi connectivity index (χ1) is 12.0. The molecule has 2 unspecified atom stereocenters. The summed E-state index contributed by atoms with van der Waals surface area (Å²) in [7, 11) is 0. The van der Waals surface area contributed by atoms with E-state index in [0.29, 0.717) is 9.34 Å². The SMILES string of the molecule is C[C@H](NC(=O)[C@]1(C)CCC[C@@]2(C)C3=CCC[C@](C)(I)C3CCC12)C(=O)O. The fourth-order valence-corrected chi connectivity index (χ4v) is 7.08. The van der Waals surface area contributed by atoms with Crippen molar-refractivity contribution in [2.24, 2.45) is 22.7 Å². The third-order valence-corrected chi connectivity index (χ3v) is 8.96. The molecule has 3 rings (SSSR count). The van der Waals surface area contributed by atoms with Gasteiger partial charge >= 0.3 is 5.97 Å². The molecule has 0 heterocycles. The number of hydrogen-bond acceptors (Lipinski definition) is 2. The molecule has 3 aliphatic carbocycles. The highest BCUT2D eigenvalue weighted by atomic mass is 127. The highest BCUT2D eigenvalue weighted by Crippen LogP contribution is 2.64. The van der Waals surface area contributed by atoms with Crippen molar-refractivity contribution in [3.05, 3.63) is 11.6 Å². The van der Waals surface area contributed by atoms with Gasteiger partial charge in [-0.3, -0.25) is 9.59 Å². The van der Waals surface area contributed by atoms with Crippen molar-refractivity contribution in [3.63, 3.8) is 0 Å². The monoisotopic (exact) mass is 473 g/mol. The smallest absolute Gasteiger partial charge is 0.325 e. The van der Waals surface area contributed by atoms with Crippen molar-refractivity contribution in [3.8, 4) is 0 Å². The highest BCUT2D eigenvalue weighted by Gasteiger charge is 2.58. The molecule has 0 radical (unpaired) electrons. The number of allylic oxidation sites excluding steroid dienone is 2. The molecule has 1 amide bonds. The summed E-state index contributed by atoms with van der Waals surface area (Å²) in [4.78, 5) is 24.3. The molecule has 0 saturated heterocycles. The van der Waals surface area contributed by atoms with Crippen LogP contribution in [0.3, 0.4) is 0 Å². The van der Waals surface area contributed by atoms with Gasteiger partial charge in [0.1, 0.15) is 6.04 Å². The summed E-state index contributed by atoms with van der Waals surface area (Å²) in [6, 6.07) is -0.838. The van der Waals surface area contributed by atoms with Gasteiger partial charge in [0.25, 0.3) is 0 Å². The topological polar surface area (TPSA) is 66.4 Å². The van der Waals surface area contributed by atoms with Gasteiger partial charge in [-0.2, -0.15) is 0 Å². The summed E-state index contributed by atoms with van der Waals surface area (Å²) in [5.41, 5.74) is 1.16. The second-order valence-electron chi connectivity index (χ2n) is 9.38. The number of rotatable bonds is 3. The van der Waals surface area contributed by atoms with Crippen LogP contribution in [0.15, 0.2) is 11.6 Å². The largest absolute Gasteiger partial charge is 0.480 e. The number of halogens is 1. The van der Waals surface area contributed by atoms with E-state index in [-0.39, 0.29) is 17.2 Å².